The molecule has 2 aromatic rings. The van der Waals surface area contributed by atoms with Crippen LogP contribution in [0.1, 0.15) is 16.0 Å². The van der Waals surface area contributed by atoms with E-state index < -0.39 is 0 Å². The average molecular weight is 474 g/mol. The molecule has 0 nitrogen and oxygen atoms in total. The molecule has 18 heavy (non-hydrogen) atoms. The molecule has 0 aliphatic carbocycles. The normalized spacial score (nSPS) is 12.5. The van der Waals surface area contributed by atoms with Crippen molar-refractivity contribution in [3.05, 3.63) is 66.5 Å². The molecule has 0 amide bonds. The quantitative estimate of drug-likeness (QED) is 0.412. The minimum absolute atomic E-state index is 0.0241. The van der Waals surface area contributed by atoms with Crippen molar-refractivity contribution in [3.63, 3.8) is 0 Å². The second-order valence-electron chi connectivity index (χ2n) is 3.73. The molecule has 0 saturated carbocycles. The van der Waals surface area contributed by atoms with E-state index in [1.807, 2.05) is 18.2 Å². The maximum absolute atomic E-state index is 6.22. The molecule has 2 aromatic carbocycles. The molecule has 0 aliphatic rings. The van der Waals surface area contributed by atoms with E-state index in [1.54, 1.807) is 6.07 Å². The minimum atomic E-state index is 0.0241. The number of rotatable bonds is 2. The number of hydrogen-bond acceptors (Lipinski definition) is 0. The highest BCUT2D eigenvalue weighted by molar-refractivity contribution is 9.11. The Labute approximate surface area is 141 Å². The highest BCUT2D eigenvalue weighted by Crippen LogP contribution is 2.38. The molecule has 5 heteroatoms. The van der Waals surface area contributed by atoms with Gasteiger partial charge in [-0.1, -0.05) is 77.1 Å². The van der Waals surface area contributed by atoms with E-state index in [-0.39, 0.29) is 4.83 Å². The number of hydrogen-bond donors (Lipinski definition) is 0. The van der Waals surface area contributed by atoms with Crippen molar-refractivity contribution in [1.29, 1.82) is 0 Å². The largest absolute Gasteiger partial charge is 0.0843 e. The van der Waals surface area contributed by atoms with E-state index in [0.29, 0.717) is 10.0 Å². The Bertz CT molecular complexity index is 564. The molecule has 0 aliphatic heterocycles. The Kier molecular flexibility index (Phi) is 5.18. The van der Waals surface area contributed by atoms with E-state index in [9.17, 15) is 0 Å². The fraction of sp³-hybridized carbons (Fsp3) is 0.0769. The molecule has 0 fully saturated rings. The Balaban J connectivity index is 2.44. The Morgan fingerprint density at radius 1 is 0.889 bits per heavy atom. The van der Waals surface area contributed by atoms with Crippen LogP contribution in [0, 0.1) is 0 Å². The van der Waals surface area contributed by atoms with Gasteiger partial charge >= 0.3 is 0 Å². The highest BCUT2D eigenvalue weighted by Gasteiger charge is 2.15. The van der Waals surface area contributed by atoms with Gasteiger partial charge in [0.2, 0.25) is 0 Å². The smallest absolute Gasteiger partial charge is 0.0659 e. The fourth-order valence-corrected chi connectivity index (χ4v) is 4.25. The standard InChI is InChI=1S/C13H7Br3Cl2/c14-8-3-7(4-9(15)5-8)13(16)11-2-1-10(17)6-12(11)18/h1-6,13H. The van der Waals surface area contributed by atoms with Gasteiger partial charge in [0.15, 0.2) is 0 Å². The van der Waals surface area contributed by atoms with Crippen LogP contribution in [0.25, 0.3) is 0 Å². The molecule has 0 saturated heterocycles. The summed E-state index contributed by atoms with van der Waals surface area (Å²) >= 11 is 22.7. The second kappa shape index (κ2) is 6.27. The van der Waals surface area contributed by atoms with Crippen LogP contribution >= 0.6 is 71.0 Å². The summed E-state index contributed by atoms with van der Waals surface area (Å²) in [6, 6.07) is 11.6. The Morgan fingerprint density at radius 3 is 2.06 bits per heavy atom. The third-order valence-corrected chi connectivity index (χ3v) is 4.91. The molecule has 2 rings (SSSR count). The summed E-state index contributed by atoms with van der Waals surface area (Å²) in [7, 11) is 0. The van der Waals surface area contributed by atoms with Gasteiger partial charge in [0.25, 0.3) is 0 Å². The van der Waals surface area contributed by atoms with Crippen LogP contribution in [-0.4, -0.2) is 0 Å². The van der Waals surface area contributed by atoms with Gasteiger partial charge in [-0.25, -0.2) is 0 Å². The van der Waals surface area contributed by atoms with Crippen LogP contribution in [0.3, 0.4) is 0 Å². The second-order valence-corrected chi connectivity index (χ2v) is 7.32. The van der Waals surface area contributed by atoms with Crippen molar-refractivity contribution >= 4 is 71.0 Å². The van der Waals surface area contributed by atoms with E-state index in [2.05, 4.69) is 59.9 Å². The summed E-state index contributed by atoms with van der Waals surface area (Å²) < 4.78 is 2.03. The lowest BCUT2D eigenvalue weighted by molar-refractivity contribution is 1.17. The first-order chi connectivity index (χ1) is 8.47. The zero-order chi connectivity index (χ0) is 13.3. The van der Waals surface area contributed by atoms with Crippen LogP contribution in [0.5, 0.6) is 0 Å². The van der Waals surface area contributed by atoms with Crippen molar-refractivity contribution in [1.82, 2.24) is 0 Å². The summed E-state index contributed by atoms with van der Waals surface area (Å²) in [6.45, 7) is 0. The first-order valence-electron chi connectivity index (χ1n) is 5.02. The third kappa shape index (κ3) is 3.51. The lowest BCUT2D eigenvalue weighted by Crippen LogP contribution is -1.94. The molecule has 0 N–H and O–H groups in total. The van der Waals surface area contributed by atoms with Crippen molar-refractivity contribution < 1.29 is 0 Å². The van der Waals surface area contributed by atoms with E-state index >= 15 is 0 Å². The molecule has 0 aromatic heterocycles. The first-order valence-corrected chi connectivity index (χ1v) is 8.28. The summed E-state index contributed by atoms with van der Waals surface area (Å²) in [4.78, 5) is 0.0241. The topological polar surface area (TPSA) is 0 Å². The van der Waals surface area contributed by atoms with Crippen molar-refractivity contribution in [2.75, 3.05) is 0 Å². The predicted molar refractivity (Wildman–Crippen MR) is 89.1 cm³/mol. The Hall–Kier alpha value is 0.460. The summed E-state index contributed by atoms with van der Waals surface area (Å²) in [6.07, 6.45) is 0. The van der Waals surface area contributed by atoms with Gasteiger partial charge in [0, 0.05) is 19.0 Å². The average Bonchev–Trinajstić information content (AvgIpc) is 2.26. The third-order valence-electron chi connectivity index (χ3n) is 2.41. The molecule has 0 radical (unpaired) electrons. The van der Waals surface area contributed by atoms with Gasteiger partial charge in [-0.3, -0.25) is 0 Å². The van der Waals surface area contributed by atoms with Gasteiger partial charge < -0.3 is 0 Å². The number of benzene rings is 2. The van der Waals surface area contributed by atoms with E-state index in [4.69, 9.17) is 23.2 Å². The maximum atomic E-state index is 6.22. The van der Waals surface area contributed by atoms with Crippen molar-refractivity contribution in [2.45, 2.75) is 4.83 Å². The van der Waals surface area contributed by atoms with Crippen molar-refractivity contribution in [3.8, 4) is 0 Å². The van der Waals surface area contributed by atoms with E-state index in [1.165, 1.54) is 0 Å². The highest BCUT2D eigenvalue weighted by atomic mass is 79.9. The molecular formula is C13H7Br3Cl2. The molecule has 1 unspecified atom stereocenters. The van der Waals surface area contributed by atoms with Crippen LogP contribution in [0.15, 0.2) is 45.3 Å². The summed E-state index contributed by atoms with van der Waals surface area (Å²) in [5.74, 6) is 0. The molecule has 0 heterocycles. The van der Waals surface area contributed by atoms with Gasteiger partial charge in [-0.15, -0.1) is 0 Å². The van der Waals surface area contributed by atoms with Crippen LogP contribution in [-0.2, 0) is 0 Å². The fourth-order valence-electron chi connectivity index (χ4n) is 1.61. The monoisotopic (exact) mass is 470 g/mol. The van der Waals surface area contributed by atoms with Gasteiger partial charge in [-0.05, 0) is 41.5 Å². The maximum Gasteiger partial charge on any atom is 0.0659 e. The Morgan fingerprint density at radius 2 is 1.50 bits per heavy atom. The molecule has 0 bridgehead atoms. The lowest BCUT2D eigenvalue weighted by atomic mass is 10.1. The molecular weight excluding hydrogens is 467 g/mol. The first kappa shape index (κ1) is 14.9. The minimum Gasteiger partial charge on any atom is -0.0843 e. The van der Waals surface area contributed by atoms with E-state index in [0.717, 1.165) is 20.1 Å². The molecule has 0 spiro atoms. The SMILES string of the molecule is Clc1ccc(C(Br)c2cc(Br)cc(Br)c2)c(Cl)c1. The van der Waals surface area contributed by atoms with Gasteiger partial charge in [0.05, 0.1) is 4.83 Å². The van der Waals surface area contributed by atoms with Crippen LogP contribution in [0.2, 0.25) is 10.0 Å². The predicted octanol–water partition coefficient (Wildman–Crippen LogP) is 7.00. The van der Waals surface area contributed by atoms with Crippen molar-refractivity contribution in [2.24, 2.45) is 0 Å². The van der Waals surface area contributed by atoms with Crippen LogP contribution < -0.4 is 0 Å². The summed E-state index contributed by atoms with van der Waals surface area (Å²) in [5.41, 5.74) is 2.10. The zero-order valence-corrected chi connectivity index (χ0v) is 15.2. The lowest BCUT2D eigenvalue weighted by Gasteiger charge is -2.13. The number of alkyl halides is 1. The molecule has 94 valence electrons. The van der Waals surface area contributed by atoms with Crippen LogP contribution in [0.4, 0.5) is 0 Å². The number of halogens is 5. The zero-order valence-electron chi connectivity index (χ0n) is 8.93. The molecule has 1 atom stereocenters. The summed E-state index contributed by atoms with van der Waals surface area (Å²) in [5, 5.41) is 1.29. The van der Waals surface area contributed by atoms with Gasteiger partial charge in [-0.2, -0.15) is 0 Å². The van der Waals surface area contributed by atoms with Gasteiger partial charge in [0.1, 0.15) is 0 Å².